The van der Waals surface area contributed by atoms with Gasteiger partial charge < -0.3 is 19.7 Å². The number of ether oxygens (including phenoxy) is 2. The van der Waals surface area contributed by atoms with Crippen LogP contribution in [0.25, 0.3) is 0 Å². The van der Waals surface area contributed by atoms with E-state index in [0.29, 0.717) is 49.2 Å². The predicted molar refractivity (Wildman–Crippen MR) is 97.0 cm³/mol. The van der Waals surface area contributed by atoms with E-state index >= 15 is 0 Å². The topological polar surface area (TPSA) is 107 Å². The van der Waals surface area contributed by atoms with Crippen molar-refractivity contribution >= 4 is 17.6 Å². The summed E-state index contributed by atoms with van der Waals surface area (Å²) in [6.45, 7) is 4.19. The minimum absolute atomic E-state index is 0.0464. The molecule has 0 saturated carbocycles. The van der Waals surface area contributed by atoms with Crippen LogP contribution in [0, 0.1) is 0 Å². The minimum atomic E-state index is -0.280. The summed E-state index contributed by atoms with van der Waals surface area (Å²) in [7, 11) is 1.48. The standard InChI is InChI=1S/C18H21N5O4/c1-12(24)13-3-5-14(6-4-13)16(25)19-11-15-20-17(22-18(21-15)26-2)23-7-9-27-10-8-23/h3-6H,7-11H2,1-2H3,(H,19,25). The molecule has 2 heterocycles. The van der Waals surface area contributed by atoms with Gasteiger partial charge in [0.15, 0.2) is 11.6 Å². The Balaban J connectivity index is 1.69. The first-order chi connectivity index (χ1) is 13.1. The number of Topliss-reactive ketones (excluding diaryl/α,β-unsaturated/α-hetero) is 1. The SMILES string of the molecule is COc1nc(CNC(=O)c2ccc(C(C)=O)cc2)nc(N2CCOCC2)n1. The average molecular weight is 371 g/mol. The minimum Gasteiger partial charge on any atom is -0.467 e. The molecule has 0 unspecified atom stereocenters. The van der Waals surface area contributed by atoms with Gasteiger partial charge in [0.2, 0.25) is 5.95 Å². The van der Waals surface area contributed by atoms with Crippen LogP contribution in [0.2, 0.25) is 0 Å². The van der Waals surface area contributed by atoms with Crippen LogP contribution in [0.3, 0.4) is 0 Å². The number of methoxy groups -OCH3 is 1. The molecule has 1 amide bonds. The number of amides is 1. The van der Waals surface area contributed by atoms with E-state index in [0.717, 1.165) is 0 Å². The summed E-state index contributed by atoms with van der Waals surface area (Å²) in [5, 5.41) is 2.77. The molecule has 0 atom stereocenters. The number of morpholine rings is 1. The molecule has 1 saturated heterocycles. The molecule has 1 N–H and O–H groups in total. The molecular formula is C18H21N5O4. The predicted octanol–water partition coefficient (Wildman–Crippen LogP) is 0.849. The highest BCUT2D eigenvalue weighted by molar-refractivity contribution is 5.97. The van der Waals surface area contributed by atoms with Crippen LogP contribution in [0.4, 0.5) is 5.95 Å². The number of hydrogen-bond acceptors (Lipinski definition) is 8. The fourth-order valence-electron chi connectivity index (χ4n) is 2.58. The van der Waals surface area contributed by atoms with Crippen molar-refractivity contribution < 1.29 is 19.1 Å². The second kappa shape index (κ2) is 8.54. The number of anilines is 1. The average Bonchev–Trinajstić information content (AvgIpc) is 2.72. The van der Waals surface area contributed by atoms with Crippen LogP contribution in [0.1, 0.15) is 33.5 Å². The van der Waals surface area contributed by atoms with E-state index < -0.39 is 0 Å². The number of carbonyl (C=O) groups excluding carboxylic acids is 2. The van der Waals surface area contributed by atoms with Crippen molar-refractivity contribution in [1.82, 2.24) is 20.3 Å². The lowest BCUT2D eigenvalue weighted by molar-refractivity contribution is 0.0947. The van der Waals surface area contributed by atoms with Crippen molar-refractivity contribution in [2.45, 2.75) is 13.5 Å². The first-order valence-electron chi connectivity index (χ1n) is 8.57. The van der Waals surface area contributed by atoms with Crippen molar-refractivity contribution in [3.63, 3.8) is 0 Å². The lowest BCUT2D eigenvalue weighted by Gasteiger charge is -2.26. The van der Waals surface area contributed by atoms with Gasteiger partial charge in [0.1, 0.15) is 0 Å². The molecule has 1 aliphatic heterocycles. The Bertz CT molecular complexity index is 819. The number of nitrogens with one attached hydrogen (secondary N) is 1. The number of ketones is 1. The molecule has 2 aromatic rings. The zero-order valence-electron chi connectivity index (χ0n) is 15.3. The van der Waals surface area contributed by atoms with Gasteiger partial charge in [0.05, 0.1) is 26.9 Å². The van der Waals surface area contributed by atoms with Crippen molar-refractivity contribution in [1.29, 1.82) is 0 Å². The summed E-state index contributed by atoms with van der Waals surface area (Å²) < 4.78 is 10.5. The Labute approximate surface area is 156 Å². The fourth-order valence-corrected chi connectivity index (χ4v) is 2.58. The van der Waals surface area contributed by atoms with Crippen LogP contribution < -0.4 is 15.0 Å². The van der Waals surface area contributed by atoms with Crippen molar-refractivity contribution in [3.8, 4) is 6.01 Å². The van der Waals surface area contributed by atoms with Gasteiger partial charge in [-0.2, -0.15) is 15.0 Å². The van der Waals surface area contributed by atoms with Crippen molar-refractivity contribution in [2.24, 2.45) is 0 Å². The fraction of sp³-hybridized carbons (Fsp3) is 0.389. The maximum Gasteiger partial charge on any atom is 0.321 e. The summed E-state index contributed by atoms with van der Waals surface area (Å²) in [6.07, 6.45) is 0. The van der Waals surface area contributed by atoms with E-state index in [-0.39, 0.29) is 24.2 Å². The van der Waals surface area contributed by atoms with Gasteiger partial charge >= 0.3 is 6.01 Å². The molecule has 27 heavy (non-hydrogen) atoms. The van der Waals surface area contributed by atoms with E-state index in [2.05, 4.69) is 20.3 Å². The van der Waals surface area contributed by atoms with E-state index in [9.17, 15) is 9.59 Å². The normalized spacial score (nSPS) is 13.9. The van der Waals surface area contributed by atoms with Crippen LogP contribution >= 0.6 is 0 Å². The number of hydrogen-bond donors (Lipinski definition) is 1. The molecule has 0 aliphatic carbocycles. The number of carbonyl (C=O) groups is 2. The van der Waals surface area contributed by atoms with Gasteiger partial charge in [-0.05, 0) is 19.1 Å². The number of benzene rings is 1. The number of nitrogens with zero attached hydrogens (tertiary/aromatic N) is 4. The zero-order chi connectivity index (χ0) is 19.2. The Morgan fingerprint density at radius 1 is 1.11 bits per heavy atom. The molecule has 9 heteroatoms. The molecular weight excluding hydrogens is 350 g/mol. The smallest absolute Gasteiger partial charge is 0.321 e. The monoisotopic (exact) mass is 371 g/mol. The molecule has 0 radical (unpaired) electrons. The lowest BCUT2D eigenvalue weighted by Crippen LogP contribution is -2.37. The molecule has 1 aromatic heterocycles. The van der Waals surface area contributed by atoms with E-state index in [4.69, 9.17) is 9.47 Å². The van der Waals surface area contributed by atoms with Gasteiger partial charge in [-0.1, -0.05) is 12.1 Å². The maximum absolute atomic E-state index is 12.3. The second-order valence-corrected chi connectivity index (χ2v) is 5.95. The highest BCUT2D eigenvalue weighted by atomic mass is 16.5. The molecule has 0 spiro atoms. The summed E-state index contributed by atoms with van der Waals surface area (Å²) in [4.78, 5) is 38.5. The molecule has 9 nitrogen and oxygen atoms in total. The first kappa shape index (κ1) is 18.7. The Hall–Kier alpha value is -3.07. The quantitative estimate of drug-likeness (QED) is 0.745. The molecule has 1 fully saturated rings. The Morgan fingerprint density at radius 3 is 2.41 bits per heavy atom. The largest absolute Gasteiger partial charge is 0.467 e. The van der Waals surface area contributed by atoms with Crippen LogP contribution in [0.15, 0.2) is 24.3 Å². The third-order valence-electron chi connectivity index (χ3n) is 4.09. The van der Waals surface area contributed by atoms with Crippen LogP contribution in [-0.4, -0.2) is 60.1 Å². The molecule has 1 aromatic carbocycles. The second-order valence-electron chi connectivity index (χ2n) is 5.95. The van der Waals surface area contributed by atoms with Gasteiger partial charge in [-0.15, -0.1) is 0 Å². The van der Waals surface area contributed by atoms with Crippen molar-refractivity contribution in [3.05, 3.63) is 41.2 Å². The lowest BCUT2D eigenvalue weighted by atomic mass is 10.1. The summed E-state index contributed by atoms with van der Waals surface area (Å²) in [6, 6.07) is 6.67. The zero-order valence-corrected chi connectivity index (χ0v) is 15.3. The van der Waals surface area contributed by atoms with E-state index in [1.54, 1.807) is 24.3 Å². The number of rotatable bonds is 6. The summed E-state index contributed by atoms with van der Waals surface area (Å²) in [5.74, 6) is 0.574. The number of aromatic nitrogens is 3. The molecule has 142 valence electrons. The summed E-state index contributed by atoms with van der Waals surface area (Å²) >= 11 is 0. The highest BCUT2D eigenvalue weighted by Gasteiger charge is 2.17. The third-order valence-corrected chi connectivity index (χ3v) is 4.09. The Kier molecular flexibility index (Phi) is 5.92. The molecule has 0 bridgehead atoms. The molecule has 1 aliphatic rings. The van der Waals surface area contributed by atoms with E-state index in [1.165, 1.54) is 14.0 Å². The maximum atomic E-state index is 12.3. The van der Waals surface area contributed by atoms with Gasteiger partial charge in [-0.25, -0.2) is 0 Å². The van der Waals surface area contributed by atoms with Crippen LogP contribution in [-0.2, 0) is 11.3 Å². The summed E-state index contributed by atoms with van der Waals surface area (Å²) in [5.41, 5.74) is 1.01. The van der Waals surface area contributed by atoms with E-state index in [1.807, 2.05) is 4.90 Å². The highest BCUT2D eigenvalue weighted by Crippen LogP contribution is 2.14. The van der Waals surface area contributed by atoms with Gasteiger partial charge in [0.25, 0.3) is 5.91 Å². The van der Waals surface area contributed by atoms with Crippen molar-refractivity contribution in [2.75, 3.05) is 38.3 Å². The van der Waals surface area contributed by atoms with Gasteiger partial charge in [-0.3, -0.25) is 9.59 Å². The Morgan fingerprint density at radius 2 is 1.78 bits per heavy atom. The first-order valence-corrected chi connectivity index (χ1v) is 8.57. The molecule has 3 rings (SSSR count). The van der Waals surface area contributed by atoms with Crippen LogP contribution in [0.5, 0.6) is 6.01 Å². The third kappa shape index (κ3) is 4.76. The van der Waals surface area contributed by atoms with Gasteiger partial charge in [0, 0.05) is 24.2 Å².